The van der Waals surface area contributed by atoms with Crippen molar-refractivity contribution in [2.45, 2.75) is 44.1 Å². The maximum Gasteiger partial charge on any atom is 0.325 e. The van der Waals surface area contributed by atoms with Crippen LogP contribution in [0.4, 0.5) is 9.59 Å². The maximum atomic E-state index is 12.6. The number of carbonyl (C=O) groups is 5. The second-order valence-electron chi connectivity index (χ2n) is 6.72. The Morgan fingerprint density at radius 1 is 1.08 bits per heavy atom. The SMILES string of the molecule is O=C(CCN1C(=O)NC2(CCCCC2)C1=O)OCC(=O)N1CCNC1=O. The van der Waals surface area contributed by atoms with Gasteiger partial charge < -0.3 is 15.4 Å². The van der Waals surface area contributed by atoms with Crippen LogP contribution < -0.4 is 10.6 Å². The molecular formula is C16H22N4O6. The predicted molar refractivity (Wildman–Crippen MR) is 86.7 cm³/mol. The average molecular weight is 366 g/mol. The summed E-state index contributed by atoms with van der Waals surface area (Å²) in [7, 11) is 0. The Hall–Kier alpha value is -2.65. The molecule has 142 valence electrons. The highest BCUT2D eigenvalue weighted by Crippen LogP contribution is 2.33. The van der Waals surface area contributed by atoms with Crippen molar-refractivity contribution in [3.05, 3.63) is 0 Å². The van der Waals surface area contributed by atoms with Crippen LogP contribution in [0.1, 0.15) is 38.5 Å². The van der Waals surface area contributed by atoms with Crippen LogP contribution in [0.15, 0.2) is 0 Å². The van der Waals surface area contributed by atoms with Gasteiger partial charge in [0.2, 0.25) is 0 Å². The second kappa shape index (κ2) is 7.30. The summed E-state index contributed by atoms with van der Waals surface area (Å²) < 4.78 is 4.85. The molecule has 1 aliphatic carbocycles. The number of imide groups is 2. The van der Waals surface area contributed by atoms with Crippen molar-refractivity contribution in [2.75, 3.05) is 26.2 Å². The fourth-order valence-electron chi connectivity index (χ4n) is 3.58. The lowest BCUT2D eigenvalue weighted by Crippen LogP contribution is -2.48. The van der Waals surface area contributed by atoms with Crippen LogP contribution in [0.2, 0.25) is 0 Å². The zero-order valence-corrected chi connectivity index (χ0v) is 14.4. The van der Waals surface area contributed by atoms with Gasteiger partial charge in [-0.3, -0.25) is 24.2 Å². The van der Waals surface area contributed by atoms with Gasteiger partial charge in [0.1, 0.15) is 5.54 Å². The average Bonchev–Trinajstić information content (AvgIpc) is 3.14. The van der Waals surface area contributed by atoms with E-state index in [0.29, 0.717) is 19.4 Å². The van der Waals surface area contributed by atoms with E-state index in [-0.39, 0.29) is 25.4 Å². The van der Waals surface area contributed by atoms with Crippen LogP contribution >= 0.6 is 0 Å². The van der Waals surface area contributed by atoms with Crippen LogP contribution in [0, 0.1) is 0 Å². The van der Waals surface area contributed by atoms with Crippen LogP contribution in [-0.4, -0.2) is 71.4 Å². The van der Waals surface area contributed by atoms with E-state index in [2.05, 4.69) is 10.6 Å². The van der Waals surface area contributed by atoms with E-state index < -0.39 is 36.1 Å². The fraction of sp³-hybridized carbons (Fsp3) is 0.688. The summed E-state index contributed by atoms with van der Waals surface area (Å²) in [6, 6.07) is -1.00. The molecule has 2 saturated heterocycles. The molecule has 2 aliphatic heterocycles. The highest BCUT2D eigenvalue weighted by Gasteiger charge is 2.51. The molecule has 10 heteroatoms. The quantitative estimate of drug-likeness (QED) is 0.509. The summed E-state index contributed by atoms with van der Waals surface area (Å²) in [4.78, 5) is 61.6. The molecule has 0 aromatic rings. The van der Waals surface area contributed by atoms with Gasteiger partial charge in [-0.1, -0.05) is 19.3 Å². The number of nitrogens with zero attached hydrogens (tertiary/aromatic N) is 2. The van der Waals surface area contributed by atoms with Gasteiger partial charge in [0.05, 0.1) is 6.42 Å². The lowest BCUT2D eigenvalue weighted by molar-refractivity contribution is -0.151. The summed E-state index contributed by atoms with van der Waals surface area (Å²) in [6.45, 7) is -0.0355. The van der Waals surface area contributed by atoms with Gasteiger partial charge in [0, 0.05) is 19.6 Å². The molecule has 10 nitrogen and oxygen atoms in total. The van der Waals surface area contributed by atoms with E-state index in [1.165, 1.54) is 0 Å². The Morgan fingerprint density at radius 3 is 2.46 bits per heavy atom. The van der Waals surface area contributed by atoms with Crippen molar-refractivity contribution in [1.82, 2.24) is 20.4 Å². The Labute approximate surface area is 150 Å². The molecule has 0 aromatic carbocycles. The van der Waals surface area contributed by atoms with Crippen molar-refractivity contribution < 1.29 is 28.7 Å². The molecule has 0 atom stereocenters. The van der Waals surface area contributed by atoms with Crippen molar-refractivity contribution in [2.24, 2.45) is 0 Å². The number of rotatable bonds is 5. The van der Waals surface area contributed by atoms with Gasteiger partial charge in [-0.25, -0.2) is 9.59 Å². The number of nitrogens with one attached hydrogen (secondary N) is 2. The molecular weight excluding hydrogens is 344 g/mol. The summed E-state index contributed by atoms with van der Waals surface area (Å²) >= 11 is 0. The smallest absolute Gasteiger partial charge is 0.325 e. The van der Waals surface area contributed by atoms with Crippen LogP contribution in [0.3, 0.4) is 0 Å². The topological polar surface area (TPSA) is 125 Å². The first-order valence-electron chi connectivity index (χ1n) is 8.81. The Kier molecular flexibility index (Phi) is 5.10. The molecule has 2 heterocycles. The maximum absolute atomic E-state index is 12.6. The number of hydrogen-bond donors (Lipinski definition) is 2. The third-order valence-corrected chi connectivity index (χ3v) is 5.01. The standard InChI is InChI=1S/C16H22N4O6/c21-11(19-9-7-17-14(19)24)10-26-12(22)4-8-20-13(23)16(18-15(20)25)5-2-1-3-6-16/h1-10H2,(H,17,24)(H,18,25). The van der Waals surface area contributed by atoms with Crippen molar-refractivity contribution in [3.8, 4) is 0 Å². The number of ether oxygens (including phenoxy) is 1. The molecule has 0 bridgehead atoms. The first-order valence-corrected chi connectivity index (χ1v) is 8.81. The molecule has 6 amide bonds. The lowest BCUT2D eigenvalue weighted by Gasteiger charge is -2.30. The summed E-state index contributed by atoms with van der Waals surface area (Å²) in [5.74, 6) is -1.60. The van der Waals surface area contributed by atoms with E-state index in [0.717, 1.165) is 29.1 Å². The number of carbonyl (C=O) groups excluding carboxylic acids is 5. The van der Waals surface area contributed by atoms with Crippen molar-refractivity contribution in [3.63, 3.8) is 0 Å². The molecule has 3 fully saturated rings. The lowest BCUT2D eigenvalue weighted by atomic mass is 9.82. The highest BCUT2D eigenvalue weighted by molar-refractivity contribution is 6.07. The molecule has 1 saturated carbocycles. The van der Waals surface area contributed by atoms with Crippen LogP contribution in [-0.2, 0) is 19.1 Å². The number of esters is 1. The molecule has 1 spiro atoms. The Morgan fingerprint density at radius 2 is 1.81 bits per heavy atom. The predicted octanol–water partition coefficient (Wildman–Crippen LogP) is -0.274. The third-order valence-electron chi connectivity index (χ3n) is 5.01. The van der Waals surface area contributed by atoms with Gasteiger partial charge in [-0.05, 0) is 12.8 Å². The molecule has 0 radical (unpaired) electrons. The van der Waals surface area contributed by atoms with Gasteiger partial charge in [0.25, 0.3) is 11.8 Å². The number of hydrogen-bond acceptors (Lipinski definition) is 6. The van der Waals surface area contributed by atoms with Crippen molar-refractivity contribution in [1.29, 1.82) is 0 Å². The molecule has 3 aliphatic rings. The summed E-state index contributed by atoms with van der Waals surface area (Å²) in [6.07, 6.45) is 3.84. The molecule has 0 aromatic heterocycles. The molecule has 3 rings (SSSR count). The van der Waals surface area contributed by atoms with Crippen LogP contribution in [0.25, 0.3) is 0 Å². The molecule has 0 unspecified atom stereocenters. The van der Waals surface area contributed by atoms with E-state index in [1.54, 1.807) is 0 Å². The highest BCUT2D eigenvalue weighted by atomic mass is 16.5. The minimum Gasteiger partial charge on any atom is -0.455 e. The van der Waals surface area contributed by atoms with Gasteiger partial charge in [-0.15, -0.1) is 0 Å². The van der Waals surface area contributed by atoms with Gasteiger partial charge in [0.15, 0.2) is 6.61 Å². The third kappa shape index (κ3) is 3.49. The minimum absolute atomic E-state index is 0.0936. The Balaban J connectivity index is 1.45. The zero-order valence-electron chi connectivity index (χ0n) is 14.4. The fourth-order valence-corrected chi connectivity index (χ4v) is 3.58. The van der Waals surface area contributed by atoms with Gasteiger partial charge >= 0.3 is 18.0 Å². The first kappa shape index (κ1) is 18.2. The Bertz CT molecular complexity index is 643. The number of urea groups is 2. The summed E-state index contributed by atoms with van der Waals surface area (Å²) in [5, 5.41) is 5.24. The monoisotopic (exact) mass is 366 g/mol. The van der Waals surface area contributed by atoms with E-state index in [1.807, 2.05) is 0 Å². The van der Waals surface area contributed by atoms with Crippen molar-refractivity contribution >= 4 is 29.8 Å². The van der Waals surface area contributed by atoms with E-state index in [9.17, 15) is 24.0 Å². The zero-order chi connectivity index (χ0) is 18.7. The second-order valence-corrected chi connectivity index (χ2v) is 6.72. The number of amides is 6. The largest absolute Gasteiger partial charge is 0.455 e. The molecule has 26 heavy (non-hydrogen) atoms. The van der Waals surface area contributed by atoms with E-state index in [4.69, 9.17) is 4.74 Å². The van der Waals surface area contributed by atoms with Crippen LogP contribution in [0.5, 0.6) is 0 Å². The minimum atomic E-state index is -0.821. The molecule has 2 N–H and O–H groups in total. The van der Waals surface area contributed by atoms with Gasteiger partial charge in [-0.2, -0.15) is 0 Å². The van der Waals surface area contributed by atoms with E-state index >= 15 is 0 Å². The normalized spacial score (nSPS) is 21.8. The first-order chi connectivity index (χ1) is 12.4. The summed E-state index contributed by atoms with van der Waals surface area (Å²) in [5.41, 5.74) is -0.821.